The standard InChI is InChI=1S/C27H21N7O4/c35-26-25(34(37)38)24(7-6-22-16-30-33(19-22)23-4-2-1-3-5-23)31(17-20-8-12-28-13-9-20)27(36)32(26)18-21-10-14-29-15-11-21/h1-16,19H,17-18H2. The van der Waals surface area contributed by atoms with Gasteiger partial charge in [0.15, 0.2) is 0 Å². The molecule has 0 aliphatic carbocycles. The van der Waals surface area contributed by atoms with Crippen molar-refractivity contribution in [3.63, 3.8) is 0 Å². The van der Waals surface area contributed by atoms with Crippen molar-refractivity contribution in [2.24, 2.45) is 0 Å². The van der Waals surface area contributed by atoms with Crippen LogP contribution in [0.4, 0.5) is 5.69 Å². The molecule has 4 aromatic heterocycles. The summed E-state index contributed by atoms with van der Waals surface area (Å²) in [6.45, 7) is -0.132. The topological polar surface area (TPSA) is 131 Å². The summed E-state index contributed by atoms with van der Waals surface area (Å²) in [4.78, 5) is 46.3. The minimum absolute atomic E-state index is 0.00176. The van der Waals surface area contributed by atoms with Crippen LogP contribution in [0.25, 0.3) is 17.8 Å². The predicted octanol–water partition coefficient (Wildman–Crippen LogP) is 3.16. The number of aromatic nitrogens is 6. The third kappa shape index (κ3) is 5.07. The molecule has 0 spiro atoms. The van der Waals surface area contributed by atoms with Crippen molar-refractivity contribution in [2.45, 2.75) is 13.1 Å². The van der Waals surface area contributed by atoms with E-state index in [1.807, 2.05) is 30.3 Å². The van der Waals surface area contributed by atoms with E-state index in [2.05, 4.69) is 15.1 Å². The second-order valence-electron chi connectivity index (χ2n) is 8.35. The maximum Gasteiger partial charge on any atom is 0.357 e. The van der Waals surface area contributed by atoms with Gasteiger partial charge in [0.05, 0.1) is 29.9 Å². The average molecular weight is 508 g/mol. The summed E-state index contributed by atoms with van der Waals surface area (Å²) in [5.74, 6) is 0. The molecule has 0 bridgehead atoms. The van der Waals surface area contributed by atoms with Crippen LogP contribution < -0.4 is 11.2 Å². The molecule has 4 heterocycles. The smallest absolute Gasteiger partial charge is 0.283 e. The lowest BCUT2D eigenvalue weighted by molar-refractivity contribution is -0.387. The number of pyridine rings is 2. The van der Waals surface area contributed by atoms with Crippen LogP contribution in [0.3, 0.4) is 0 Å². The molecule has 5 aromatic rings. The molecule has 0 amide bonds. The molecule has 0 saturated heterocycles. The number of hydrogen-bond donors (Lipinski definition) is 0. The molecule has 0 saturated carbocycles. The number of benzene rings is 1. The van der Waals surface area contributed by atoms with Gasteiger partial charge in [-0.2, -0.15) is 5.10 Å². The molecular formula is C27H21N7O4. The van der Waals surface area contributed by atoms with Crippen molar-refractivity contribution in [3.8, 4) is 5.69 Å². The molecule has 0 unspecified atom stereocenters. The number of nitro groups is 1. The summed E-state index contributed by atoms with van der Waals surface area (Å²) < 4.78 is 3.76. The molecule has 0 fully saturated rings. The molecule has 0 aliphatic rings. The van der Waals surface area contributed by atoms with Crippen molar-refractivity contribution in [1.82, 2.24) is 28.9 Å². The SMILES string of the molecule is O=c1c([N+](=O)[O-])c(C=Cc2cnn(-c3ccccc3)c2)n(Cc2ccncc2)c(=O)n1Cc1ccncc1. The molecule has 5 rings (SSSR count). The number of para-hydroxylation sites is 1. The van der Waals surface area contributed by atoms with Gasteiger partial charge in [-0.05, 0) is 59.7 Å². The molecule has 0 N–H and O–H groups in total. The fourth-order valence-corrected chi connectivity index (χ4v) is 4.00. The first kappa shape index (κ1) is 24.3. The molecular weight excluding hydrogens is 486 g/mol. The van der Waals surface area contributed by atoms with Crippen molar-refractivity contribution in [2.75, 3.05) is 0 Å². The fourth-order valence-electron chi connectivity index (χ4n) is 4.00. The van der Waals surface area contributed by atoms with E-state index in [0.717, 1.165) is 10.3 Å². The summed E-state index contributed by atoms with van der Waals surface area (Å²) in [5, 5.41) is 16.5. The van der Waals surface area contributed by atoms with E-state index in [-0.39, 0.29) is 18.8 Å². The molecule has 188 valence electrons. The Kier molecular flexibility index (Phi) is 6.81. The molecule has 0 atom stereocenters. The Morgan fingerprint density at radius 2 is 1.42 bits per heavy atom. The minimum Gasteiger partial charge on any atom is -0.283 e. The minimum atomic E-state index is -0.984. The van der Waals surface area contributed by atoms with E-state index in [4.69, 9.17) is 0 Å². The first-order chi connectivity index (χ1) is 18.5. The van der Waals surface area contributed by atoms with Crippen molar-refractivity contribution >= 4 is 17.8 Å². The highest BCUT2D eigenvalue weighted by atomic mass is 16.6. The Balaban J connectivity index is 1.64. The van der Waals surface area contributed by atoms with Gasteiger partial charge in [0.1, 0.15) is 5.69 Å². The van der Waals surface area contributed by atoms with Gasteiger partial charge in [-0.3, -0.25) is 29.4 Å². The molecule has 11 nitrogen and oxygen atoms in total. The van der Waals surface area contributed by atoms with Crippen molar-refractivity contribution < 1.29 is 4.92 Å². The van der Waals surface area contributed by atoms with Crippen LogP contribution in [-0.4, -0.2) is 33.8 Å². The van der Waals surface area contributed by atoms with E-state index >= 15 is 0 Å². The Labute approximate surface area is 215 Å². The monoisotopic (exact) mass is 507 g/mol. The second-order valence-corrected chi connectivity index (χ2v) is 8.35. The average Bonchev–Trinajstić information content (AvgIpc) is 3.42. The fraction of sp³-hybridized carbons (Fsp3) is 0.0741. The van der Waals surface area contributed by atoms with Gasteiger partial charge < -0.3 is 0 Å². The molecule has 0 aliphatic heterocycles. The molecule has 1 aromatic carbocycles. The first-order valence-corrected chi connectivity index (χ1v) is 11.6. The normalized spacial score (nSPS) is 11.2. The number of rotatable bonds is 8. The largest absolute Gasteiger partial charge is 0.357 e. The second kappa shape index (κ2) is 10.7. The van der Waals surface area contributed by atoms with E-state index < -0.39 is 21.9 Å². The Morgan fingerprint density at radius 1 is 0.816 bits per heavy atom. The van der Waals surface area contributed by atoms with Crippen LogP contribution in [0, 0.1) is 10.1 Å². The maximum atomic E-state index is 13.6. The maximum absolute atomic E-state index is 13.6. The van der Waals surface area contributed by atoms with Gasteiger partial charge in [0, 0.05) is 36.5 Å². The lowest BCUT2D eigenvalue weighted by atomic mass is 10.2. The van der Waals surface area contributed by atoms with Gasteiger partial charge in [-0.15, -0.1) is 0 Å². The van der Waals surface area contributed by atoms with Gasteiger partial charge in [-0.1, -0.05) is 18.2 Å². The summed E-state index contributed by atoms with van der Waals surface area (Å²) in [5.41, 5.74) is 0.312. The van der Waals surface area contributed by atoms with Gasteiger partial charge in [0.2, 0.25) is 0 Å². The Bertz CT molecular complexity index is 1720. The highest BCUT2D eigenvalue weighted by Gasteiger charge is 2.26. The van der Waals surface area contributed by atoms with Crippen LogP contribution in [0.1, 0.15) is 22.4 Å². The quantitative estimate of drug-likeness (QED) is 0.233. The van der Waals surface area contributed by atoms with E-state index in [1.165, 1.54) is 23.0 Å². The molecule has 11 heteroatoms. The lowest BCUT2D eigenvalue weighted by Crippen LogP contribution is -2.42. The first-order valence-electron chi connectivity index (χ1n) is 11.6. The van der Waals surface area contributed by atoms with E-state index in [0.29, 0.717) is 16.7 Å². The Morgan fingerprint density at radius 3 is 2.03 bits per heavy atom. The zero-order valence-electron chi connectivity index (χ0n) is 20.0. The summed E-state index contributed by atoms with van der Waals surface area (Å²) in [6, 6.07) is 16.1. The van der Waals surface area contributed by atoms with Crippen LogP contribution in [0.2, 0.25) is 0 Å². The van der Waals surface area contributed by atoms with E-state index in [1.54, 1.807) is 59.8 Å². The number of nitrogens with zero attached hydrogens (tertiary/aromatic N) is 7. The summed E-state index contributed by atoms with van der Waals surface area (Å²) in [7, 11) is 0. The molecule has 0 radical (unpaired) electrons. The third-order valence-corrected chi connectivity index (χ3v) is 5.86. The third-order valence-electron chi connectivity index (χ3n) is 5.86. The zero-order valence-corrected chi connectivity index (χ0v) is 20.0. The molecule has 38 heavy (non-hydrogen) atoms. The highest BCUT2D eigenvalue weighted by molar-refractivity contribution is 5.71. The number of hydrogen-bond acceptors (Lipinski definition) is 7. The predicted molar refractivity (Wildman–Crippen MR) is 141 cm³/mol. The van der Waals surface area contributed by atoms with Crippen molar-refractivity contribution in [1.29, 1.82) is 0 Å². The van der Waals surface area contributed by atoms with Crippen LogP contribution >= 0.6 is 0 Å². The van der Waals surface area contributed by atoms with Crippen LogP contribution in [-0.2, 0) is 13.1 Å². The van der Waals surface area contributed by atoms with Crippen molar-refractivity contribution in [3.05, 3.63) is 145 Å². The summed E-state index contributed by atoms with van der Waals surface area (Å²) in [6.07, 6.45) is 12.5. The summed E-state index contributed by atoms with van der Waals surface area (Å²) >= 11 is 0. The van der Waals surface area contributed by atoms with Gasteiger partial charge in [0.25, 0.3) is 0 Å². The Hall–Kier alpha value is -5.45. The van der Waals surface area contributed by atoms with Crippen LogP contribution in [0.5, 0.6) is 0 Å². The van der Waals surface area contributed by atoms with Crippen LogP contribution in [0.15, 0.2) is 101 Å². The van der Waals surface area contributed by atoms with Gasteiger partial charge >= 0.3 is 16.9 Å². The van der Waals surface area contributed by atoms with E-state index in [9.17, 15) is 19.7 Å². The zero-order chi connectivity index (χ0) is 26.5. The highest BCUT2D eigenvalue weighted by Crippen LogP contribution is 2.18. The lowest BCUT2D eigenvalue weighted by Gasteiger charge is -2.14. The van der Waals surface area contributed by atoms with Gasteiger partial charge in [-0.25, -0.2) is 14.0 Å².